The normalized spacial score (nSPS) is 12.4. The van der Waals surface area contributed by atoms with Gasteiger partial charge >= 0.3 is 0 Å². The molecule has 8 heterocycles. The Hall–Kier alpha value is -8.14. The minimum atomic E-state index is -0.395. The Kier molecular flexibility index (Phi) is 10.2. The second-order valence-electron chi connectivity index (χ2n) is 14.8. The van der Waals surface area contributed by atoms with Gasteiger partial charge in [0.15, 0.2) is 22.9 Å². The van der Waals surface area contributed by atoms with E-state index in [4.69, 9.17) is 0 Å². The van der Waals surface area contributed by atoms with Gasteiger partial charge in [0.25, 0.3) is 11.1 Å². The number of aromatic nitrogens is 10. The average Bonchev–Trinajstić information content (AvgIpc) is 3.95. The number of aromatic amines is 2. The smallest absolute Gasteiger partial charge is 0.263 e. The fourth-order valence-electron chi connectivity index (χ4n) is 7.86. The highest BCUT2D eigenvalue weighted by Gasteiger charge is 2.22. The van der Waals surface area contributed by atoms with Gasteiger partial charge in [0.1, 0.15) is 35.3 Å². The number of halogens is 2. The summed E-state index contributed by atoms with van der Waals surface area (Å²) >= 11 is 0. The van der Waals surface area contributed by atoms with Gasteiger partial charge < -0.3 is 20.6 Å². The molecule has 0 bridgehead atoms. The minimum Gasteiger partial charge on any atom is -0.362 e. The van der Waals surface area contributed by atoms with Gasteiger partial charge in [-0.3, -0.25) is 18.4 Å². The highest BCUT2D eigenvalue weighted by atomic mass is 19.1. The lowest BCUT2D eigenvalue weighted by molar-refractivity contribution is 0.628. The summed E-state index contributed by atoms with van der Waals surface area (Å²) in [5.74, 6) is 0.357. The van der Waals surface area contributed by atoms with E-state index >= 15 is 0 Å². The lowest BCUT2D eigenvalue weighted by Gasteiger charge is -2.20. The average molecular weight is 829 g/mol. The van der Waals surface area contributed by atoms with E-state index in [-0.39, 0.29) is 23.2 Å². The van der Waals surface area contributed by atoms with E-state index in [0.29, 0.717) is 56.2 Å². The molecule has 14 nitrogen and oxygen atoms in total. The number of nitrogens with one attached hydrogen (secondary N) is 4. The quantitative estimate of drug-likeness (QED) is 0.116. The molecular weight excluding hydrogens is 791 g/mol. The molecule has 8 aromatic heterocycles. The molecule has 0 aliphatic rings. The van der Waals surface area contributed by atoms with Crippen LogP contribution in [0.1, 0.15) is 48.4 Å². The van der Waals surface area contributed by atoms with Crippen LogP contribution in [0.4, 0.5) is 20.4 Å². The van der Waals surface area contributed by atoms with E-state index in [1.165, 1.54) is 36.9 Å². The van der Waals surface area contributed by atoms with Crippen LogP contribution in [-0.2, 0) is 0 Å². The van der Waals surface area contributed by atoms with Crippen LogP contribution >= 0.6 is 0 Å². The summed E-state index contributed by atoms with van der Waals surface area (Å²) in [7, 11) is 0. The maximum absolute atomic E-state index is 14.0. The first kappa shape index (κ1) is 39.3. The molecule has 0 fully saturated rings. The number of rotatable bonds is 8. The molecule has 0 spiro atoms. The molecule has 10 rings (SSSR count). The SMILES string of the molecule is Cc1cccc2cc([C@@H](C)Nc3ncnc4nc[nH]c34)c(-c3cccc(F)c3)c(=O)n12.Cc1cccc2cc([C@H](C)Nc3ncnc4nc[nH]c34)c(-c3cccc(F)c3)c(=O)n12. The fraction of sp³-hybridized carbons (Fsp3) is 0.130. The Labute approximate surface area is 351 Å². The third kappa shape index (κ3) is 7.27. The summed E-state index contributed by atoms with van der Waals surface area (Å²) in [6.07, 6.45) is 5.98. The standard InChI is InChI=1S/2C23H19FN6O/c2*1-13-5-3-8-17-10-18(14(2)29-22-20-21(26-11-25-20)27-12-28-22)19(23(31)30(13)17)15-6-4-7-16(24)9-15/h2*3-12,14H,1-2H3,(H2,25,26,27,28,29)/t2*14-/m10/s1. The van der Waals surface area contributed by atoms with Crippen molar-refractivity contribution in [3.8, 4) is 22.3 Å². The highest BCUT2D eigenvalue weighted by molar-refractivity contribution is 5.84. The lowest BCUT2D eigenvalue weighted by atomic mass is 9.96. The van der Waals surface area contributed by atoms with Crippen LogP contribution in [0.5, 0.6) is 0 Å². The van der Waals surface area contributed by atoms with Crippen molar-refractivity contribution in [2.75, 3.05) is 10.6 Å². The summed E-state index contributed by atoms with van der Waals surface area (Å²) in [6, 6.07) is 26.9. The molecular formula is C46H38F2N12O2. The molecule has 0 amide bonds. The topological polar surface area (TPSA) is 176 Å². The monoisotopic (exact) mass is 828 g/mol. The number of anilines is 2. The zero-order valence-corrected chi connectivity index (χ0v) is 33.9. The van der Waals surface area contributed by atoms with Crippen molar-refractivity contribution in [1.29, 1.82) is 0 Å². The van der Waals surface area contributed by atoms with E-state index in [1.807, 2.05) is 76.2 Å². The largest absolute Gasteiger partial charge is 0.362 e. The first-order valence-electron chi connectivity index (χ1n) is 19.7. The van der Waals surface area contributed by atoms with E-state index in [1.54, 1.807) is 45.7 Å². The van der Waals surface area contributed by atoms with E-state index < -0.39 is 11.6 Å². The Bertz CT molecular complexity index is 3200. The number of benzene rings is 2. The highest BCUT2D eigenvalue weighted by Crippen LogP contribution is 2.32. The van der Waals surface area contributed by atoms with Crippen LogP contribution in [0, 0.1) is 25.5 Å². The van der Waals surface area contributed by atoms with Gasteiger partial charge in [-0.05, 0) is 111 Å². The lowest BCUT2D eigenvalue weighted by Crippen LogP contribution is -2.22. The van der Waals surface area contributed by atoms with Gasteiger partial charge in [-0.15, -0.1) is 0 Å². The number of H-pyrrole nitrogens is 2. The summed E-state index contributed by atoms with van der Waals surface area (Å²) in [5.41, 5.74) is 8.64. The third-order valence-corrected chi connectivity index (χ3v) is 10.8. The number of aryl methyl sites for hydroxylation is 2. The zero-order valence-electron chi connectivity index (χ0n) is 33.9. The van der Waals surface area contributed by atoms with Crippen LogP contribution < -0.4 is 21.8 Å². The number of pyridine rings is 4. The van der Waals surface area contributed by atoms with Gasteiger partial charge in [0.2, 0.25) is 0 Å². The van der Waals surface area contributed by atoms with E-state index in [0.717, 1.165) is 33.5 Å². The van der Waals surface area contributed by atoms with Crippen molar-refractivity contribution >= 4 is 45.0 Å². The van der Waals surface area contributed by atoms with Crippen LogP contribution in [0.15, 0.2) is 132 Å². The number of hydrogen-bond donors (Lipinski definition) is 4. The maximum Gasteiger partial charge on any atom is 0.263 e. The molecule has 0 aliphatic heterocycles. The first-order valence-corrected chi connectivity index (χ1v) is 19.7. The predicted molar refractivity (Wildman–Crippen MR) is 235 cm³/mol. The van der Waals surface area contributed by atoms with Crippen molar-refractivity contribution < 1.29 is 8.78 Å². The molecule has 308 valence electrons. The van der Waals surface area contributed by atoms with E-state index in [2.05, 4.69) is 50.5 Å². The number of hydrogen-bond acceptors (Lipinski definition) is 10. The number of imidazole rings is 2. The van der Waals surface area contributed by atoms with Gasteiger partial charge in [-0.1, -0.05) is 36.4 Å². The number of fused-ring (bicyclic) bond motifs is 4. The van der Waals surface area contributed by atoms with Gasteiger partial charge in [0, 0.05) is 22.4 Å². The number of nitrogens with zero attached hydrogens (tertiary/aromatic N) is 8. The molecule has 0 aliphatic carbocycles. The van der Waals surface area contributed by atoms with Crippen LogP contribution in [0.2, 0.25) is 0 Å². The molecule has 2 atom stereocenters. The molecule has 2 aromatic carbocycles. The fourth-order valence-corrected chi connectivity index (χ4v) is 7.86. The second-order valence-corrected chi connectivity index (χ2v) is 14.8. The van der Waals surface area contributed by atoms with E-state index in [9.17, 15) is 18.4 Å². The summed E-state index contributed by atoms with van der Waals surface area (Å²) in [4.78, 5) is 58.5. The minimum absolute atomic E-state index is 0.195. The Morgan fingerprint density at radius 2 is 0.968 bits per heavy atom. The molecule has 0 radical (unpaired) electrons. The zero-order chi connectivity index (χ0) is 43.1. The molecule has 62 heavy (non-hydrogen) atoms. The third-order valence-electron chi connectivity index (χ3n) is 10.8. The maximum atomic E-state index is 14.0. The van der Waals surface area contributed by atoms with Crippen molar-refractivity contribution in [2.45, 2.75) is 39.8 Å². The van der Waals surface area contributed by atoms with Crippen molar-refractivity contribution in [3.05, 3.63) is 177 Å². The van der Waals surface area contributed by atoms with Crippen molar-refractivity contribution in [1.82, 2.24) is 48.7 Å². The molecule has 0 unspecified atom stereocenters. The predicted octanol–water partition coefficient (Wildman–Crippen LogP) is 8.51. The van der Waals surface area contributed by atoms with Crippen LogP contribution in [0.3, 0.4) is 0 Å². The molecule has 0 saturated heterocycles. The molecule has 0 saturated carbocycles. The summed E-state index contributed by atoms with van der Waals surface area (Å²) in [6.45, 7) is 7.63. The van der Waals surface area contributed by atoms with Crippen molar-refractivity contribution in [3.63, 3.8) is 0 Å². The second kappa shape index (κ2) is 16.1. The van der Waals surface area contributed by atoms with Crippen LogP contribution in [-0.4, -0.2) is 48.7 Å². The van der Waals surface area contributed by atoms with Gasteiger partial charge in [-0.25, -0.2) is 38.7 Å². The summed E-state index contributed by atoms with van der Waals surface area (Å²) < 4.78 is 31.4. The molecule has 10 aromatic rings. The Morgan fingerprint density at radius 1 is 0.548 bits per heavy atom. The first-order chi connectivity index (χ1) is 30.0. The van der Waals surface area contributed by atoms with Crippen molar-refractivity contribution in [2.24, 2.45) is 0 Å². The Balaban J connectivity index is 0.000000158. The Morgan fingerprint density at radius 3 is 1.39 bits per heavy atom. The van der Waals surface area contributed by atoms with Crippen LogP contribution in [0.25, 0.3) is 55.6 Å². The molecule has 4 N–H and O–H groups in total. The van der Waals surface area contributed by atoms with Gasteiger partial charge in [-0.2, -0.15) is 0 Å². The van der Waals surface area contributed by atoms with Gasteiger partial charge in [0.05, 0.1) is 35.9 Å². The molecule has 16 heteroatoms. The summed E-state index contributed by atoms with van der Waals surface area (Å²) in [5, 5.41) is 6.71.